The summed E-state index contributed by atoms with van der Waals surface area (Å²) in [5.41, 5.74) is -0.480. The molecule has 0 bridgehead atoms. The molecule has 1 aliphatic heterocycles. The number of nitrogens with zero attached hydrogens (tertiary/aromatic N) is 1. The van der Waals surface area contributed by atoms with Gasteiger partial charge in [-0.15, -0.1) is 0 Å². The van der Waals surface area contributed by atoms with Gasteiger partial charge in [-0.1, -0.05) is 43.7 Å². The fraction of sp³-hybridized carbons (Fsp3) is 0.471. The highest BCUT2D eigenvalue weighted by atomic mass is 16.2. The molecule has 0 saturated carbocycles. The molecule has 2 N–H and O–H groups in total. The van der Waals surface area contributed by atoms with E-state index in [0.717, 1.165) is 12.8 Å². The van der Waals surface area contributed by atoms with Gasteiger partial charge in [-0.3, -0.25) is 14.9 Å². The molecule has 0 radical (unpaired) electrons. The van der Waals surface area contributed by atoms with Crippen molar-refractivity contribution >= 4 is 17.8 Å². The Bertz CT molecular complexity index is 588. The van der Waals surface area contributed by atoms with E-state index in [0.29, 0.717) is 12.1 Å². The molecule has 0 aromatic heterocycles. The highest BCUT2D eigenvalue weighted by molar-refractivity contribution is 6.07. The molecule has 1 fully saturated rings. The summed E-state index contributed by atoms with van der Waals surface area (Å²) in [6.07, 6.45) is 2.40. The summed E-state index contributed by atoms with van der Waals surface area (Å²) < 4.78 is 0. The molecule has 1 unspecified atom stereocenters. The molecule has 1 aromatic carbocycles. The van der Waals surface area contributed by atoms with Crippen LogP contribution >= 0.6 is 0 Å². The minimum Gasteiger partial charge on any atom is -0.346 e. The lowest BCUT2D eigenvalue weighted by Gasteiger charge is -2.27. The first-order valence-corrected chi connectivity index (χ1v) is 7.92. The van der Waals surface area contributed by atoms with Crippen LogP contribution in [-0.4, -0.2) is 36.3 Å². The molecule has 0 spiro atoms. The third-order valence-electron chi connectivity index (χ3n) is 4.19. The molecule has 4 amide bonds. The number of nitrogens with one attached hydrogen (secondary N) is 2. The molecule has 6 heteroatoms. The second kappa shape index (κ2) is 7.26. The molecule has 23 heavy (non-hydrogen) atoms. The number of hydrogen-bond donors (Lipinski definition) is 2. The van der Waals surface area contributed by atoms with Crippen molar-refractivity contribution in [3.8, 4) is 0 Å². The zero-order chi connectivity index (χ0) is 16.9. The van der Waals surface area contributed by atoms with E-state index in [9.17, 15) is 14.4 Å². The van der Waals surface area contributed by atoms with Gasteiger partial charge in [-0.25, -0.2) is 4.79 Å². The van der Waals surface area contributed by atoms with Crippen LogP contribution in [0.1, 0.15) is 38.2 Å². The molecular formula is C17H23N3O3. The summed E-state index contributed by atoms with van der Waals surface area (Å²) in [7, 11) is 1.76. The number of unbranched alkanes of at least 4 members (excludes halogenated alkanes) is 1. The van der Waals surface area contributed by atoms with Crippen molar-refractivity contribution in [2.45, 2.75) is 38.1 Å². The summed E-state index contributed by atoms with van der Waals surface area (Å²) >= 11 is 0. The van der Waals surface area contributed by atoms with Gasteiger partial charge in [0, 0.05) is 20.0 Å². The van der Waals surface area contributed by atoms with Gasteiger partial charge < -0.3 is 10.2 Å². The normalized spacial score (nSPS) is 20.1. The van der Waals surface area contributed by atoms with Crippen LogP contribution in [0.25, 0.3) is 0 Å². The molecule has 2 rings (SSSR count). The van der Waals surface area contributed by atoms with Crippen molar-refractivity contribution in [3.05, 3.63) is 35.9 Å². The quantitative estimate of drug-likeness (QED) is 0.752. The van der Waals surface area contributed by atoms with Crippen LogP contribution in [0, 0.1) is 0 Å². The number of rotatable bonds is 7. The Morgan fingerprint density at radius 1 is 1.22 bits per heavy atom. The van der Waals surface area contributed by atoms with Crippen molar-refractivity contribution in [2.75, 3.05) is 13.6 Å². The van der Waals surface area contributed by atoms with Crippen LogP contribution in [0.2, 0.25) is 0 Å². The summed E-state index contributed by atoms with van der Waals surface area (Å²) in [5.74, 6) is -0.430. The standard InChI is InChI=1S/C17H23N3O3/c1-3-4-12-20(2)14(21)10-11-17(13-8-6-5-7-9-13)15(22)18-16(23)19-17/h5-9H,3-4,10-12H2,1-2H3,(H2,18,19,22,23). The Kier molecular flexibility index (Phi) is 5.36. The maximum Gasteiger partial charge on any atom is 0.322 e. The number of carbonyl (C=O) groups is 3. The molecule has 1 aliphatic rings. The van der Waals surface area contributed by atoms with Gasteiger partial charge in [-0.2, -0.15) is 0 Å². The molecule has 1 heterocycles. The lowest BCUT2D eigenvalue weighted by Crippen LogP contribution is -2.44. The minimum atomic E-state index is -1.17. The first-order chi connectivity index (χ1) is 11.0. The number of imide groups is 1. The smallest absolute Gasteiger partial charge is 0.322 e. The van der Waals surface area contributed by atoms with E-state index in [1.165, 1.54) is 0 Å². The van der Waals surface area contributed by atoms with Crippen LogP contribution in [0.4, 0.5) is 4.79 Å². The van der Waals surface area contributed by atoms with E-state index in [4.69, 9.17) is 0 Å². The van der Waals surface area contributed by atoms with E-state index in [1.54, 1.807) is 24.1 Å². The van der Waals surface area contributed by atoms with Crippen LogP contribution < -0.4 is 10.6 Å². The molecule has 6 nitrogen and oxygen atoms in total. The molecule has 1 atom stereocenters. The third kappa shape index (κ3) is 3.70. The number of benzene rings is 1. The van der Waals surface area contributed by atoms with Crippen molar-refractivity contribution in [2.24, 2.45) is 0 Å². The van der Waals surface area contributed by atoms with Gasteiger partial charge in [0.05, 0.1) is 0 Å². The van der Waals surface area contributed by atoms with Crippen LogP contribution in [0.5, 0.6) is 0 Å². The van der Waals surface area contributed by atoms with Crippen LogP contribution in [0.3, 0.4) is 0 Å². The van der Waals surface area contributed by atoms with Gasteiger partial charge in [0.25, 0.3) is 5.91 Å². The molecule has 1 aromatic rings. The average molecular weight is 317 g/mol. The molecular weight excluding hydrogens is 294 g/mol. The fourth-order valence-corrected chi connectivity index (χ4v) is 2.74. The maximum atomic E-state index is 12.3. The molecule has 1 saturated heterocycles. The first kappa shape index (κ1) is 17.0. The summed E-state index contributed by atoms with van der Waals surface area (Å²) in [4.78, 5) is 37.9. The largest absolute Gasteiger partial charge is 0.346 e. The number of carbonyl (C=O) groups excluding carboxylic acids is 3. The first-order valence-electron chi connectivity index (χ1n) is 7.92. The van der Waals surface area contributed by atoms with E-state index in [1.807, 2.05) is 18.2 Å². The Morgan fingerprint density at radius 3 is 2.48 bits per heavy atom. The van der Waals surface area contributed by atoms with Crippen molar-refractivity contribution in [1.82, 2.24) is 15.5 Å². The monoisotopic (exact) mass is 317 g/mol. The van der Waals surface area contributed by atoms with Gasteiger partial charge >= 0.3 is 6.03 Å². The van der Waals surface area contributed by atoms with Gasteiger partial charge in [-0.05, 0) is 18.4 Å². The van der Waals surface area contributed by atoms with Crippen molar-refractivity contribution in [1.29, 1.82) is 0 Å². The minimum absolute atomic E-state index is 0.0253. The van der Waals surface area contributed by atoms with E-state index in [-0.39, 0.29) is 18.7 Å². The lowest BCUT2D eigenvalue weighted by molar-refractivity contribution is -0.131. The third-order valence-corrected chi connectivity index (χ3v) is 4.19. The van der Waals surface area contributed by atoms with Gasteiger partial charge in [0.15, 0.2) is 0 Å². The summed E-state index contributed by atoms with van der Waals surface area (Å²) in [6, 6.07) is 8.52. The average Bonchev–Trinajstić information content (AvgIpc) is 2.85. The zero-order valence-electron chi connectivity index (χ0n) is 13.6. The molecule has 0 aliphatic carbocycles. The maximum absolute atomic E-state index is 12.3. The number of amides is 4. The summed E-state index contributed by atoms with van der Waals surface area (Å²) in [6.45, 7) is 2.77. The highest BCUT2D eigenvalue weighted by Gasteiger charge is 2.47. The van der Waals surface area contributed by atoms with Crippen molar-refractivity contribution in [3.63, 3.8) is 0 Å². The highest BCUT2D eigenvalue weighted by Crippen LogP contribution is 2.30. The second-order valence-electron chi connectivity index (χ2n) is 5.85. The lowest BCUT2D eigenvalue weighted by atomic mass is 9.85. The topological polar surface area (TPSA) is 78.5 Å². The van der Waals surface area contributed by atoms with E-state index >= 15 is 0 Å². The Hall–Kier alpha value is -2.37. The summed E-state index contributed by atoms with van der Waals surface area (Å²) in [5, 5.41) is 4.98. The van der Waals surface area contributed by atoms with Gasteiger partial charge in [0.2, 0.25) is 5.91 Å². The van der Waals surface area contributed by atoms with E-state index < -0.39 is 17.5 Å². The van der Waals surface area contributed by atoms with E-state index in [2.05, 4.69) is 17.6 Å². The fourth-order valence-electron chi connectivity index (χ4n) is 2.74. The Labute approximate surface area is 136 Å². The second-order valence-corrected chi connectivity index (χ2v) is 5.85. The Morgan fingerprint density at radius 2 is 1.91 bits per heavy atom. The van der Waals surface area contributed by atoms with Crippen LogP contribution in [-0.2, 0) is 15.1 Å². The predicted molar refractivity (Wildman–Crippen MR) is 86.6 cm³/mol. The SMILES string of the molecule is CCCCN(C)C(=O)CCC1(c2ccccc2)NC(=O)NC1=O. The van der Waals surface area contributed by atoms with Crippen molar-refractivity contribution < 1.29 is 14.4 Å². The predicted octanol–water partition coefficient (Wildman–Crippen LogP) is 1.76. The number of hydrogen-bond acceptors (Lipinski definition) is 3. The molecule has 124 valence electrons. The number of urea groups is 1. The van der Waals surface area contributed by atoms with Gasteiger partial charge in [0.1, 0.15) is 5.54 Å². The van der Waals surface area contributed by atoms with Crippen LogP contribution in [0.15, 0.2) is 30.3 Å². The zero-order valence-corrected chi connectivity index (χ0v) is 13.6. The Balaban J connectivity index is 2.13.